The van der Waals surface area contributed by atoms with E-state index < -0.39 is 52.9 Å². The Hall–Kier alpha value is -4.00. The predicted molar refractivity (Wildman–Crippen MR) is 123 cm³/mol. The van der Waals surface area contributed by atoms with E-state index in [4.69, 9.17) is 0 Å². The van der Waals surface area contributed by atoms with Crippen LogP contribution in [0.15, 0.2) is 52.4 Å². The van der Waals surface area contributed by atoms with Crippen LogP contribution < -0.4 is 10.6 Å². The van der Waals surface area contributed by atoms with Crippen LogP contribution in [0.5, 0.6) is 0 Å². The first-order valence-electron chi connectivity index (χ1n) is 10.9. The van der Waals surface area contributed by atoms with E-state index >= 15 is 0 Å². The molecule has 0 saturated carbocycles. The summed E-state index contributed by atoms with van der Waals surface area (Å²) in [4.78, 5) is 15.2. The molecule has 2 aromatic heterocycles. The molecule has 1 amide bonds. The molecule has 0 spiro atoms. The molecule has 0 aliphatic carbocycles. The van der Waals surface area contributed by atoms with Gasteiger partial charge in [0, 0.05) is 24.2 Å². The van der Waals surface area contributed by atoms with Crippen molar-refractivity contribution < 1.29 is 59.2 Å². The van der Waals surface area contributed by atoms with E-state index in [1.165, 1.54) is 0 Å². The molecule has 1 aromatic carbocycles. The van der Waals surface area contributed by atoms with Gasteiger partial charge in [0.15, 0.2) is 10.7 Å². The second kappa shape index (κ2) is 12.2. The van der Waals surface area contributed by atoms with Gasteiger partial charge in [0.1, 0.15) is 17.8 Å². The van der Waals surface area contributed by atoms with E-state index in [1.807, 2.05) is 0 Å². The molecular weight excluding hydrogens is 601 g/mol. The number of aromatic nitrogens is 3. The normalized spacial score (nSPS) is 13.0. The Morgan fingerprint density at radius 1 is 1.07 bits per heavy atom. The number of halogens is 9. The molecule has 0 bridgehead atoms. The van der Waals surface area contributed by atoms with Gasteiger partial charge in [-0.15, -0.1) is 0 Å². The van der Waals surface area contributed by atoms with E-state index in [2.05, 4.69) is 30.6 Å². The zero-order chi connectivity index (χ0) is 30.6. The number of hydrogen-bond acceptors (Lipinski definition) is 9. The lowest BCUT2D eigenvalue weighted by atomic mass is 9.97. The predicted octanol–water partition coefficient (Wildman–Crippen LogP) is 5.34. The highest BCUT2D eigenvalue weighted by Crippen LogP contribution is 2.49. The maximum atomic E-state index is 13.5. The molecule has 19 heteroatoms. The first-order chi connectivity index (χ1) is 19.1. The van der Waals surface area contributed by atoms with Crippen molar-refractivity contribution in [2.45, 2.75) is 29.4 Å². The zero-order valence-corrected chi connectivity index (χ0v) is 20.7. The minimum absolute atomic E-state index is 0.0308. The molecule has 0 saturated heterocycles. The van der Waals surface area contributed by atoms with Crippen LogP contribution in [0, 0.1) is 5.82 Å². The van der Waals surface area contributed by atoms with Gasteiger partial charge < -0.3 is 20.8 Å². The van der Waals surface area contributed by atoms with Crippen LogP contribution in [0.25, 0.3) is 5.70 Å². The monoisotopic (exact) mass is 617 g/mol. The largest absolute Gasteiger partial charge is 0.513 e. The van der Waals surface area contributed by atoms with Gasteiger partial charge in [-0.1, -0.05) is 11.8 Å². The number of aliphatic hydroxyl groups is 2. The SMILES string of the molecule is O=C(NCCSc1nonc1/C(=C/O)Nc1ccc(F)c(C(F)F)c1)c1ccc(C(O)(C(F)(F)F)C(F)(F)F)nc1. The highest BCUT2D eigenvalue weighted by molar-refractivity contribution is 7.99. The third-order valence-corrected chi connectivity index (χ3v) is 6.15. The Morgan fingerprint density at radius 2 is 1.76 bits per heavy atom. The van der Waals surface area contributed by atoms with Gasteiger partial charge in [0.25, 0.3) is 17.9 Å². The topological polar surface area (TPSA) is 133 Å². The fourth-order valence-corrected chi connectivity index (χ4v) is 3.91. The van der Waals surface area contributed by atoms with E-state index in [9.17, 15) is 54.5 Å². The van der Waals surface area contributed by atoms with Gasteiger partial charge in [-0.25, -0.2) is 17.8 Å². The second-order valence-electron chi connectivity index (χ2n) is 7.87. The molecule has 222 valence electrons. The molecule has 41 heavy (non-hydrogen) atoms. The summed E-state index contributed by atoms with van der Waals surface area (Å²) in [5, 5.41) is 31.1. The summed E-state index contributed by atoms with van der Waals surface area (Å²) in [6.45, 7) is -0.131. The molecule has 3 aromatic rings. The number of carbonyl (C=O) groups excluding carboxylic acids is 1. The number of rotatable bonds is 10. The second-order valence-corrected chi connectivity index (χ2v) is 8.95. The van der Waals surface area contributed by atoms with Crippen LogP contribution in [-0.4, -0.2) is 56.1 Å². The number of aliphatic hydroxyl groups excluding tert-OH is 1. The van der Waals surface area contributed by atoms with Gasteiger partial charge in [-0.05, 0) is 40.6 Å². The van der Waals surface area contributed by atoms with Gasteiger partial charge in [-0.2, -0.15) is 26.3 Å². The first kappa shape index (κ1) is 31.5. The van der Waals surface area contributed by atoms with Gasteiger partial charge in [-0.3, -0.25) is 9.78 Å². The number of hydrogen-bond donors (Lipinski definition) is 4. The molecule has 0 fully saturated rings. The van der Waals surface area contributed by atoms with Crippen molar-refractivity contribution in [3.8, 4) is 0 Å². The lowest BCUT2D eigenvalue weighted by Crippen LogP contribution is -2.54. The fraction of sp³-hybridized carbons (Fsp3) is 0.273. The standard InChI is InChI=1S/C22H16F9N5O4S/c23-13-3-2-11(7-12(13)17(24)25)34-14(9-37)16-19(36-40-35-16)41-6-5-32-18(38)10-1-4-15(33-8-10)20(39,21(26,27)28)22(29,30)31/h1-4,7-9,17,34,37,39H,5-6H2,(H,32,38)/b14-9-. The summed E-state index contributed by atoms with van der Waals surface area (Å²) in [6, 6.07) is 3.56. The van der Waals surface area contributed by atoms with Gasteiger partial charge >= 0.3 is 12.4 Å². The van der Waals surface area contributed by atoms with Crippen molar-refractivity contribution in [3.63, 3.8) is 0 Å². The van der Waals surface area contributed by atoms with E-state index in [-0.39, 0.29) is 40.5 Å². The summed E-state index contributed by atoms with van der Waals surface area (Å²) < 4.78 is 122. The smallest absolute Gasteiger partial charge is 0.432 e. The van der Waals surface area contributed by atoms with E-state index in [1.54, 1.807) is 0 Å². The Labute approximate surface area is 227 Å². The summed E-state index contributed by atoms with van der Waals surface area (Å²) >= 11 is 0.914. The molecule has 3 rings (SSSR count). The molecular formula is C22H16F9N5O4S. The van der Waals surface area contributed by atoms with E-state index in [0.29, 0.717) is 18.5 Å². The van der Waals surface area contributed by atoms with Crippen molar-refractivity contribution in [2.75, 3.05) is 17.6 Å². The van der Waals surface area contributed by atoms with Crippen molar-refractivity contribution in [1.29, 1.82) is 0 Å². The molecule has 0 radical (unpaired) electrons. The Bertz CT molecular complexity index is 1380. The number of thioether (sulfide) groups is 1. The van der Waals surface area contributed by atoms with Crippen molar-refractivity contribution in [3.05, 3.63) is 71.1 Å². The minimum atomic E-state index is -6.14. The van der Waals surface area contributed by atoms with Crippen molar-refractivity contribution in [2.24, 2.45) is 0 Å². The highest BCUT2D eigenvalue weighted by atomic mass is 32.2. The average molecular weight is 617 g/mol. The summed E-state index contributed by atoms with van der Waals surface area (Å²) in [5.41, 5.74) is -8.61. The maximum absolute atomic E-state index is 13.5. The molecule has 0 aliphatic heterocycles. The maximum Gasteiger partial charge on any atom is 0.432 e. The quantitative estimate of drug-likeness (QED) is 0.103. The highest BCUT2D eigenvalue weighted by Gasteiger charge is 2.72. The number of amides is 1. The number of carbonyl (C=O) groups is 1. The Morgan fingerprint density at radius 3 is 2.32 bits per heavy atom. The third-order valence-electron chi connectivity index (χ3n) is 5.20. The lowest BCUT2D eigenvalue weighted by Gasteiger charge is -2.31. The molecule has 0 aliphatic rings. The van der Waals surface area contributed by atoms with Gasteiger partial charge in [0.05, 0.1) is 16.8 Å². The molecule has 0 atom stereocenters. The fourth-order valence-electron chi connectivity index (χ4n) is 3.14. The number of benzene rings is 1. The van der Waals surface area contributed by atoms with Crippen molar-refractivity contribution >= 4 is 29.1 Å². The Balaban J connectivity index is 1.61. The number of anilines is 1. The van der Waals surface area contributed by atoms with Crippen LogP contribution in [0.3, 0.4) is 0 Å². The number of alkyl halides is 8. The lowest BCUT2D eigenvalue weighted by molar-refractivity contribution is -0.377. The molecule has 4 N–H and O–H groups in total. The van der Waals surface area contributed by atoms with Crippen LogP contribution in [0.2, 0.25) is 0 Å². The van der Waals surface area contributed by atoms with Gasteiger partial charge in [0.2, 0.25) is 0 Å². The number of pyridine rings is 1. The first-order valence-corrected chi connectivity index (χ1v) is 11.8. The summed E-state index contributed by atoms with van der Waals surface area (Å²) in [5.74, 6) is -2.02. The average Bonchev–Trinajstić information content (AvgIpc) is 3.37. The molecule has 9 nitrogen and oxygen atoms in total. The van der Waals surface area contributed by atoms with E-state index in [0.717, 1.165) is 30.0 Å². The number of nitrogens with one attached hydrogen (secondary N) is 2. The molecule has 0 unspecified atom stereocenters. The van der Waals surface area contributed by atoms with Crippen LogP contribution in [0.1, 0.15) is 33.7 Å². The van der Waals surface area contributed by atoms with Crippen LogP contribution >= 0.6 is 11.8 Å². The minimum Gasteiger partial charge on any atom is -0.513 e. The zero-order valence-electron chi connectivity index (χ0n) is 19.9. The van der Waals surface area contributed by atoms with Crippen LogP contribution in [0.4, 0.5) is 45.2 Å². The van der Waals surface area contributed by atoms with Crippen LogP contribution in [-0.2, 0) is 5.60 Å². The summed E-state index contributed by atoms with van der Waals surface area (Å²) in [6.07, 6.45) is -14.4. The third kappa shape index (κ3) is 6.84. The molecule has 2 heterocycles. The number of nitrogens with zero attached hydrogens (tertiary/aromatic N) is 3. The van der Waals surface area contributed by atoms with Crippen molar-refractivity contribution in [1.82, 2.24) is 20.6 Å². The summed E-state index contributed by atoms with van der Waals surface area (Å²) in [7, 11) is 0. The Kier molecular flexibility index (Phi) is 9.42.